The molecule has 1 heterocycles. The maximum Gasteiger partial charge on any atom is 0.0602 e. The fourth-order valence-electron chi connectivity index (χ4n) is 2.73. The summed E-state index contributed by atoms with van der Waals surface area (Å²) in [6.45, 7) is 2.12. The molecule has 1 nitrogen and oxygen atoms in total. The molecule has 0 unspecified atom stereocenters. The van der Waals surface area contributed by atoms with E-state index in [9.17, 15) is 0 Å². The monoisotopic (exact) mass is 445 g/mol. The zero-order valence-corrected chi connectivity index (χ0v) is 16.4. The SMILES string of the molecule is Cc1ccc(N2c3ccc(Br)cc3Sc3cc(Br)ccc32)cc1. The van der Waals surface area contributed by atoms with Crippen LogP contribution in [0, 0.1) is 6.92 Å². The van der Waals surface area contributed by atoms with Gasteiger partial charge in [0.25, 0.3) is 0 Å². The van der Waals surface area contributed by atoms with Gasteiger partial charge in [-0.05, 0) is 55.5 Å². The number of rotatable bonds is 1. The zero-order chi connectivity index (χ0) is 16.0. The fraction of sp³-hybridized carbons (Fsp3) is 0.0526. The van der Waals surface area contributed by atoms with E-state index in [0.29, 0.717) is 0 Å². The maximum absolute atomic E-state index is 3.59. The van der Waals surface area contributed by atoms with Crippen LogP contribution in [0.25, 0.3) is 0 Å². The smallest absolute Gasteiger partial charge is 0.0602 e. The zero-order valence-electron chi connectivity index (χ0n) is 12.4. The molecule has 1 aliphatic rings. The molecule has 4 rings (SSSR count). The van der Waals surface area contributed by atoms with Gasteiger partial charge in [-0.1, -0.05) is 61.3 Å². The van der Waals surface area contributed by atoms with E-state index in [-0.39, 0.29) is 0 Å². The van der Waals surface area contributed by atoms with Crippen molar-refractivity contribution >= 4 is 60.7 Å². The Morgan fingerprint density at radius 1 is 0.739 bits per heavy atom. The number of hydrogen-bond acceptors (Lipinski definition) is 2. The lowest BCUT2D eigenvalue weighted by atomic mass is 10.1. The molecule has 3 aromatic rings. The lowest BCUT2D eigenvalue weighted by Gasteiger charge is -2.33. The molecule has 4 heteroatoms. The topological polar surface area (TPSA) is 3.24 Å². The van der Waals surface area contributed by atoms with Gasteiger partial charge in [-0.15, -0.1) is 0 Å². The Labute approximate surface area is 157 Å². The van der Waals surface area contributed by atoms with Gasteiger partial charge in [-0.3, -0.25) is 0 Å². The number of aryl methyl sites for hydroxylation is 1. The highest BCUT2D eigenvalue weighted by Gasteiger charge is 2.25. The Kier molecular flexibility index (Phi) is 4.00. The fourth-order valence-corrected chi connectivity index (χ4v) is 4.89. The number of halogens is 2. The molecule has 0 fully saturated rings. The van der Waals surface area contributed by atoms with Crippen LogP contribution in [0.4, 0.5) is 17.1 Å². The van der Waals surface area contributed by atoms with Crippen molar-refractivity contribution in [1.29, 1.82) is 0 Å². The summed E-state index contributed by atoms with van der Waals surface area (Å²) in [5.74, 6) is 0. The minimum absolute atomic E-state index is 1.10. The summed E-state index contributed by atoms with van der Waals surface area (Å²) in [4.78, 5) is 4.84. The van der Waals surface area contributed by atoms with Gasteiger partial charge in [0, 0.05) is 24.4 Å². The van der Waals surface area contributed by atoms with Crippen molar-refractivity contribution in [2.24, 2.45) is 0 Å². The third kappa shape index (κ3) is 2.84. The summed E-state index contributed by atoms with van der Waals surface area (Å²) < 4.78 is 2.21. The Bertz CT molecular complexity index is 839. The van der Waals surface area contributed by atoms with E-state index in [1.165, 1.54) is 32.4 Å². The van der Waals surface area contributed by atoms with Gasteiger partial charge in [0.15, 0.2) is 0 Å². The third-order valence-corrected chi connectivity index (χ3v) is 5.92. The average Bonchev–Trinajstić information content (AvgIpc) is 2.53. The lowest BCUT2D eigenvalue weighted by Crippen LogP contribution is -2.14. The van der Waals surface area contributed by atoms with Gasteiger partial charge in [-0.2, -0.15) is 0 Å². The van der Waals surface area contributed by atoms with E-state index in [2.05, 4.69) is 104 Å². The van der Waals surface area contributed by atoms with Crippen LogP contribution in [0.15, 0.2) is 79.4 Å². The molecular formula is C19H13Br2NS. The van der Waals surface area contributed by atoms with Crippen LogP contribution in [0.1, 0.15) is 5.56 Å². The van der Waals surface area contributed by atoms with Crippen LogP contribution in [-0.2, 0) is 0 Å². The van der Waals surface area contributed by atoms with E-state index in [1.807, 2.05) is 11.8 Å². The predicted molar refractivity (Wildman–Crippen MR) is 105 cm³/mol. The van der Waals surface area contributed by atoms with Crippen LogP contribution in [0.5, 0.6) is 0 Å². The quantitative estimate of drug-likeness (QED) is 0.298. The maximum atomic E-state index is 3.59. The second kappa shape index (κ2) is 6.00. The van der Waals surface area contributed by atoms with Gasteiger partial charge >= 0.3 is 0 Å². The molecule has 0 bridgehead atoms. The highest BCUT2D eigenvalue weighted by molar-refractivity contribution is 9.10. The highest BCUT2D eigenvalue weighted by atomic mass is 79.9. The summed E-state index contributed by atoms with van der Waals surface area (Å²) in [6.07, 6.45) is 0. The summed E-state index contributed by atoms with van der Waals surface area (Å²) in [5.41, 5.74) is 4.89. The van der Waals surface area contributed by atoms with Crippen LogP contribution in [0.2, 0.25) is 0 Å². The van der Waals surface area contributed by atoms with Crippen LogP contribution in [0.3, 0.4) is 0 Å². The number of hydrogen-bond donors (Lipinski definition) is 0. The number of nitrogens with zero attached hydrogens (tertiary/aromatic N) is 1. The van der Waals surface area contributed by atoms with Gasteiger partial charge < -0.3 is 4.90 Å². The van der Waals surface area contributed by atoms with Crippen molar-refractivity contribution in [3.63, 3.8) is 0 Å². The number of fused-ring (bicyclic) bond motifs is 2. The minimum atomic E-state index is 1.10. The molecule has 3 aromatic carbocycles. The standard InChI is InChI=1S/C19H13Br2NS/c1-12-2-6-15(7-3-12)22-16-8-4-13(20)10-18(16)23-19-11-14(21)5-9-17(19)22/h2-11H,1H3. The lowest BCUT2D eigenvalue weighted by molar-refractivity contribution is 1.16. The van der Waals surface area contributed by atoms with Crippen LogP contribution in [-0.4, -0.2) is 0 Å². The van der Waals surface area contributed by atoms with Gasteiger partial charge in [0.2, 0.25) is 0 Å². The highest BCUT2D eigenvalue weighted by Crippen LogP contribution is 2.52. The van der Waals surface area contributed by atoms with Crippen molar-refractivity contribution in [2.75, 3.05) is 4.90 Å². The van der Waals surface area contributed by atoms with E-state index in [0.717, 1.165) is 8.95 Å². The largest absolute Gasteiger partial charge is 0.308 e. The summed E-state index contributed by atoms with van der Waals surface area (Å²) in [7, 11) is 0. The van der Waals surface area contributed by atoms with Crippen molar-refractivity contribution in [3.8, 4) is 0 Å². The Hall–Kier alpha value is -1.23. The van der Waals surface area contributed by atoms with Crippen LogP contribution < -0.4 is 4.90 Å². The third-order valence-electron chi connectivity index (χ3n) is 3.84. The first-order chi connectivity index (χ1) is 11.1. The van der Waals surface area contributed by atoms with E-state index in [4.69, 9.17) is 0 Å². The van der Waals surface area contributed by atoms with Gasteiger partial charge in [0.1, 0.15) is 0 Å². The number of benzene rings is 3. The molecule has 23 heavy (non-hydrogen) atoms. The van der Waals surface area contributed by atoms with Crippen LogP contribution >= 0.6 is 43.6 Å². The second-order valence-corrected chi connectivity index (χ2v) is 8.41. The molecular weight excluding hydrogens is 434 g/mol. The molecule has 0 atom stereocenters. The summed E-state index contributed by atoms with van der Waals surface area (Å²) in [5, 5.41) is 0. The van der Waals surface area contributed by atoms with Crippen molar-refractivity contribution in [3.05, 3.63) is 75.2 Å². The second-order valence-electron chi connectivity index (χ2n) is 5.50. The Balaban J connectivity index is 1.95. The molecule has 0 N–H and O–H groups in total. The Morgan fingerprint density at radius 2 is 1.26 bits per heavy atom. The molecule has 0 aromatic heterocycles. The normalized spacial score (nSPS) is 12.7. The molecule has 1 aliphatic heterocycles. The molecule has 114 valence electrons. The first-order valence-corrected chi connectivity index (χ1v) is 9.66. The minimum Gasteiger partial charge on any atom is -0.308 e. The predicted octanol–water partition coefficient (Wildman–Crippen LogP) is 7.45. The Morgan fingerprint density at radius 3 is 1.78 bits per heavy atom. The van der Waals surface area contributed by atoms with Crippen molar-refractivity contribution in [1.82, 2.24) is 0 Å². The molecule has 0 radical (unpaired) electrons. The molecule has 0 spiro atoms. The molecule has 0 aliphatic carbocycles. The summed E-state index contributed by atoms with van der Waals surface area (Å²) in [6, 6.07) is 21.6. The summed E-state index contributed by atoms with van der Waals surface area (Å²) >= 11 is 8.99. The number of anilines is 3. The van der Waals surface area contributed by atoms with Crippen molar-refractivity contribution < 1.29 is 0 Å². The molecule has 0 saturated heterocycles. The average molecular weight is 447 g/mol. The van der Waals surface area contributed by atoms with E-state index >= 15 is 0 Å². The molecule has 0 saturated carbocycles. The van der Waals surface area contributed by atoms with E-state index in [1.54, 1.807) is 0 Å². The van der Waals surface area contributed by atoms with Crippen molar-refractivity contribution in [2.45, 2.75) is 16.7 Å². The van der Waals surface area contributed by atoms with E-state index < -0.39 is 0 Å². The van der Waals surface area contributed by atoms with Gasteiger partial charge in [0.05, 0.1) is 11.4 Å². The van der Waals surface area contributed by atoms with Gasteiger partial charge in [-0.25, -0.2) is 0 Å². The molecule has 0 amide bonds. The first-order valence-electron chi connectivity index (χ1n) is 7.25. The first kappa shape index (κ1) is 15.3.